The molecule has 0 saturated heterocycles. The van der Waals surface area contributed by atoms with E-state index in [1.54, 1.807) is 12.1 Å². The number of benzene rings is 1. The third kappa shape index (κ3) is 1.96. The van der Waals surface area contributed by atoms with Crippen molar-refractivity contribution in [2.24, 2.45) is 0 Å². The summed E-state index contributed by atoms with van der Waals surface area (Å²) < 4.78 is 16.0. The first-order chi connectivity index (χ1) is 7.85. The van der Waals surface area contributed by atoms with Gasteiger partial charge in [-0.05, 0) is 12.5 Å². The van der Waals surface area contributed by atoms with Crippen LogP contribution in [-0.2, 0) is 6.42 Å². The summed E-state index contributed by atoms with van der Waals surface area (Å²) in [6.07, 6.45) is 7.67. The minimum Gasteiger partial charge on any atom is -0.481 e. The highest BCUT2D eigenvalue weighted by Gasteiger charge is 2.17. The van der Waals surface area contributed by atoms with Crippen LogP contribution in [0.2, 0.25) is 0 Å². The van der Waals surface area contributed by atoms with Gasteiger partial charge in [0.1, 0.15) is 12.4 Å². The molecule has 0 amide bonds. The van der Waals surface area contributed by atoms with E-state index in [1.165, 1.54) is 0 Å². The molecular formula is C13H12O3. The van der Waals surface area contributed by atoms with Crippen LogP contribution in [-0.4, -0.2) is 13.4 Å². The quantitative estimate of drug-likeness (QED) is 0.570. The molecule has 0 atom stereocenters. The summed E-state index contributed by atoms with van der Waals surface area (Å²) in [5, 5.41) is 0. The van der Waals surface area contributed by atoms with Crippen LogP contribution in [0, 0.1) is 12.3 Å². The average Bonchev–Trinajstić information content (AvgIpc) is 2.73. The van der Waals surface area contributed by atoms with Crippen molar-refractivity contribution < 1.29 is 14.2 Å². The van der Waals surface area contributed by atoms with E-state index in [-0.39, 0.29) is 13.4 Å². The van der Waals surface area contributed by atoms with E-state index >= 15 is 0 Å². The van der Waals surface area contributed by atoms with Crippen molar-refractivity contribution in [2.45, 2.75) is 6.42 Å². The third-order valence-corrected chi connectivity index (χ3v) is 2.23. The van der Waals surface area contributed by atoms with Crippen molar-refractivity contribution in [1.29, 1.82) is 0 Å². The van der Waals surface area contributed by atoms with Crippen LogP contribution in [0.1, 0.15) is 5.56 Å². The van der Waals surface area contributed by atoms with E-state index in [1.807, 2.05) is 6.07 Å². The van der Waals surface area contributed by atoms with Gasteiger partial charge in [-0.2, -0.15) is 0 Å². The molecule has 16 heavy (non-hydrogen) atoms. The van der Waals surface area contributed by atoms with Gasteiger partial charge < -0.3 is 14.2 Å². The second-order valence-corrected chi connectivity index (χ2v) is 3.30. The van der Waals surface area contributed by atoms with E-state index in [0.717, 1.165) is 17.1 Å². The predicted octanol–water partition coefficient (Wildman–Crippen LogP) is 2.16. The molecule has 1 aromatic carbocycles. The van der Waals surface area contributed by atoms with Gasteiger partial charge in [-0.1, -0.05) is 12.0 Å². The Hall–Kier alpha value is -2.08. The molecule has 0 bridgehead atoms. The zero-order valence-electron chi connectivity index (χ0n) is 8.86. The Balaban J connectivity index is 2.32. The maximum absolute atomic E-state index is 5.44. The zero-order chi connectivity index (χ0) is 11.4. The maximum Gasteiger partial charge on any atom is 0.231 e. The number of ether oxygens (including phenoxy) is 3. The molecule has 3 heteroatoms. The molecule has 0 spiro atoms. The normalized spacial score (nSPS) is 11.9. The summed E-state index contributed by atoms with van der Waals surface area (Å²) in [7, 11) is 0. The molecule has 0 radical (unpaired) electrons. The monoisotopic (exact) mass is 216 g/mol. The Morgan fingerprint density at radius 1 is 1.44 bits per heavy atom. The largest absolute Gasteiger partial charge is 0.481 e. The molecule has 3 nitrogen and oxygen atoms in total. The smallest absolute Gasteiger partial charge is 0.231 e. The third-order valence-electron chi connectivity index (χ3n) is 2.23. The van der Waals surface area contributed by atoms with Crippen LogP contribution in [0.15, 0.2) is 24.8 Å². The molecule has 0 unspecified atom stereocenters. The van der Waals surface area contributed by atoms with Crippen molar-refractivity contribution in [3.63, 3.8) is 0 Å². The standard InChI is InChI=1S/C13H12O3/c1-3-5-10-7-12-13(16-9-15-12)8-11(10)14-6-4-2/h2-3,7-8H,1,5-6,9H2. The van der Waals surface area contributed by atoms with E-state index in [2.05, 4.69) is 12.5 Å². The fourth-order valence-corrected chi connectivity index (χ4v) is 1.53. The fourth-order valence-electron chi connectivity index (χ4n) is 1.53. The summed E-state index contributed by atoms with van der Waals surface area (Å²) in [6, 6.07) is 3.70. The van der Waals surface area contributed by atoms with Gasteiger partial charge in [0.15, 0.2) is 11.5 Å². The van der Waals surface area contributed by atoms with Crippen molar-refractivity contribution in [3.05, 3.63) is 30.4 Å². The van der Waals surface area contributed by atoms with Gasteiger partial charge in [-0.3, -0.25) is 0 Å². The highest BCUT2D eigenvalue weighted by atomic mass is 16.7. The Labute approximate surface area is 94.6 Å². The first-order valence-corrected chi connectivity index (χ1v) is 4.95. The van der Waals surface area contributed by atoms with Crippen LogP contribution in [0.4, 0.5) is 0 Å². The van der Waals surface area contributed by atoms with Crippen molar-refractivity contribution >= 4 is 0 Å². The molecule has 0 saturated carbocycles. The first-order valence-electron chi connectivity index (χ1n) is 4.95. The number of hydrogen-bond acceptors (Lipinski definition) is 3. The Morgan fingerprint density at radius 2 is 2.19 bits per heavy atom. The molecule has 0 aromatic heterocycles. The van der Waals surface area contributed by atoms with Gasteiger partial charge in [0.2, 0.25) is 6.79 Å². The van der Waals surface area contributed by atoms with Crippen molar-refractivity contribution in [2.75, 3.05) is 13.4 Å². The highest BCUT2D eigenvalue weighted by Crippen LogP contribution is 2.38. The maximum atomic E-state index is 5.44. The second-order valence-electron chi connectivity index (χ2n) is 3.30. The van der Waals surface area contributed by atoms with Gasteiger partial charge >= 0.3 is 0 Å². The van der Waals surface area contributed by atoms with Crippen molar-refractivity contribution in [3.8, 4) is 29.6 Å². The Kier molecular flexibility index (Phi) is 3.02. The lowest BCUT2D eigenvalue weighted by molar-refractivity contribution is 0.174. The SMILES string of the molecule is C#CCOc1cc2c(cc1CC=C)OCO2. The van der Waals surface area contributed by atoms with Crippen molar-refractivity contribution in [1.82, 2.24) is 0 Å². The molecule has 1 aliphatic rings. The lowest BCUT2D eigenvalue weighted by Crippen LogP contribution is -1.97. The summed E-state index contributed by atoms with van der Waals surface area (Å²) in [5.41, 5.74) is 0.995. The number of rotatable bonds is 4. The molecule has 1 aromatic rings. The van der Waals surface area contributed by atoms with Crippen LogP contribution in [0.25, 0.3) is 0 Å². The van der Waals surface area contributed by atoms with Crippen LogP contribution in [0.5, 0.6) is 17.2 Å². The molecule has 2 rings (SSSR count). The van der Waals surface area contributed by atoms with Crippen LogP contribution >= 0.6 is 0 Å². The van der Waals surface area contributed by atoms with Crippen LogP contribution in [0.3, 0.4) is 0 Å². The van der Waals surface area contributed by atoms with E-state index < -0.39 is 0 Å². The molecule has 82 valence electrons. The van der Waals surface area contributed by atoms with E-state index in [4.69, 9.17) is 20.6 Å². The molecule has 0 fully saturated rings. The summed E-state index contributed by atoms with van der Waals surface area (Å²) in [6.45, 7) is 4.19. The molecular weight excluding hydrogens is 204 g/mol. The van der Waals surface area contributed by atoms with Gasteiger partial charge in [0.25, 0.3) is 0 Å². The van der Waals surface area contributed by atoms with Gasteiger partial charge in [-0.25, -0.2) is 0 Å². The van der Waals surface area contributed by atoms with Gasteiger partial charge in [-0.15, -0.1) is 13.0 Å². The van der Waals surface area contributed by atoms with Crippen LogP contribution < -0.4 is 14.2 Å². The summed E-state index contributed by atoms with van der Waals surface area (Å²) in [5.74, 6) is 4.59. The lowest BCUT2D eigenvalue weighted by atomic mass is 10.1. The minimum atomic E-state index is 0.240. The molecule has 0 aliphatic carbocycles. The number of fused-ring (bicyclic) bond motifs is 1. The molecule has 1 aliphatic heterocycles. The molecule has 1 heterocycles. The second kappa shape index (κ2) is 4.63. The first kappa shape index (κ1) is 10.4. The fraction of sp³-hybridized carbons (Fsp3) is 0.231. The summed E-state index contributed by atoms with van der Waals surface area (Å²) >= 11 is 0. The Morgan fingerprint density at radius 3 is 2.88 bits per heavy atom. The predicted molar refractivity (Wildman–Crippen MR) is 60.8 cm³/mol. The lowest BCUT2D eigenvalue weighted by Gasteiger charge is -2.09. The Bertz CT molecular complexity index is 443. The highest BCUT2D eigenvalue weighted by molar-refractivity contribution is 5.52. The number of hydrogen-bond donors (Lipinski definition) is 0. The van der Waals surface area contributed by atoms with Gasteiger partial charge in [0.05, 0.1) is 0 Å². The molecule has 0 N–H and O–H groups in total. The average molecular weight is 216 g/mol. The number of allylic oxidation sites excluding steroid dienone is 1. The van der Waals surface area contributed by atoms with E-state index in [9.17, 15) is 0 Å². The topological polar surface area (TPSA) is 27.7 Å². The zero-order valence-corrected chi connectivity index (χ0v) is 8.86. The van der Waals surface area contributed by atoms with Gasteiger partial charge in [0, 0.05) is 11.6 Å². The summed E-state index contributed by atoms with van der Waals surface area (Å²) in [4.78, 5) is 0. The van der Waals surface area contributed by atoms with E-state index in [0.29, 0.717) is 12.2 Å². The number of terminal acetylenes is 1. The minimum absolute atomic E-state index is 0.240.